The molecule has 1 N–H and O–H groups in total. The SMILES string of the molecule is CCOC(=O)CN(C)S(=O)(=O)NC(C)(C)C. The van der Waals surface area contributed by atoms with Crippen LogP contribution in [0.2, 0.25) is 0 Å². The first-order valence-corrected chi connectivity index (χ1v) is 6.43. The fourth-order valence-electron chi connectivity index (χ4n) is 0.938. The largest absolute Gasteiger partial charge is 0.465 e. The van der Waals surface area contributed by atoms with Crippen LogP contribution in [0.4, 0.5) is 0 Å². The Bertz CT molecular complexity index is 332. The lowest BCUT2D eigenvalue weighted by Gasteiger charge is -2.24. The number of carbonyl (C=O) groups excluding carboxylic acids is 1. The lowest BCUT2D eigenvalue weighted by atomic mass is 10.1. The van der Waals surface area contributed by atoms with E-state index in [-0.39, 0.29) is 13.2 Å². The summed E-state index contributed by atoms with van der Waals surface area (Å²) in [6.45, 7) is 6.78. The molecule has 0 saturated carbocycles. The summed E-state index contributed by atoms with van der Waals surface area (Å²) >= 11 is 0. The molecule has 0 amide bonds. The Morgan fingerprint density at radius 3 is 2.25 bits per heavy atom. The first-order chi connectivity index (χ1) is 7.08. The minimum atomic E-state index is -3.65. The third-order valence-corrected chi connectivity index (χ3v) is 3.32. The maximum absolute atomic E-state index is 11.7. The first-order valence-electron chi connectivity index (χ1n) is 4.99. The van der Waals surface area contributed by atoms with E-state index in [1.807, 2.05) is 0 Å². The summed E-state index contributed by atoms with van der Waals surface area (Å²) in [6.07, 6.45) is 0. The van der Waals surface area contributed by atoms with Gasteiger partial charge in [-0.15, -0.1) is 0 Å². The number of rotatable bonds is 5. The van der Waals surface area contributed by atoms with Gasteiger partial charge in [0, 0.05) is 12.6 Å². The molecule has 7 heteroatoms. The Morgan fingerprint density at radius 2 is 1.88 bits per heavy atom. The normalized spacial score (nSPS) is 12.9. The van der Waals surface area contributed by atoms with Crippen molar-refractivity contribution >= 4 is 16.2 Å². The summed E-state index contributed by atoms with van der Waals surface area (Å²) in [4.78, 5) is 11.1. The van der Waals surface area contributed by atoms with Crippen LogP contribution in [0.1, 0.15) is 27.7 Å². The predicted molar refractivity (Wildman–Crippen MR) is 61.1 cm³/mol. The van der Waals surface area contributed by atoms with E-state index in [0.717, 1.165) is 4.31 Å². The summed E-state index contributed by atoms with van der Waals surface area (Å²) < 4.78 is 31.4. The Hall–Kier alpha value is -0.660. The molecule has 0 rings (SSSR count). The third kappa shape index (κ3) is 6.04. The standard InChI is InChI=1S/C9H20N2O4S/c1-6-15-8(12)7-11(5)16(13,14)10-9(2,3)4/h10H,6-7H2,1-5H3. The van der Waals surface area contributed by atoms with E-state index in [2.05, 4.69) is 9.46 Å². The van der Waals surface area contributed by atoms with Crippen LogP contribution >= 0.6 is 0 Å². The highest BCUT2D eigenvalue weighted by Crippen LogP contribution is 2.04. The molecule has 0 aliphatic rings. The second-order valence-corrected chi connectivity index (χ2v) is 6.20. The van der Waals surface area contributed by atoms with Gasteiger partial charge in [-0.1, -0.05) is 0 Å². The molecule has 0 fully saturated rings. The molecule has 0 aliphatic heterocycles. The van der Waals surface area contributed by atoms with Gasteiger partial charge >= 0.3 is 5.97 Å². The summed E-state index contributed by atoms with van der Waals surface area (Å²) in [5, 5.41) is 0. The minimum Gasteiger partial charge on any atom is -0.465 e. The van der Waals surface area contributed by atoms with Crippen molar-refractivity contribution in [2.45, 2.75) is 33.2 Å². The second kappa shape index (κ2) is 5.60. The monoisotopic (exact) mass is 252 g/mol. The topological polar surface area (TPSA) is 75.7 Å². The van der Waals surface area contributed by atoms with Gasteiger partial charge in [-0.05, 0) is 27.7 Å². The van der Waals surface area contributed by atoms with Gasteiger partial charge in [-0.3, -0.25) is 4.79 Å². The van der Waals surface area contributed by atoms with Crippen LogP contribution in [0.5, 0.6) is 0 Å². The van der Waals surface area contributed by atoms with Crippen molar-refractivity contribution in [3.8, 4) is 0 Å². The van der Waals surface area contributed by atoms with Crippen LogP contribution in [-0.2, 0) is 19.7 Å². The Labute approximate surface area is 97.1 Å². The van der Waals surface area contributed by atoms with Gasteiger partial charge in [-0.25, -0.2) is 0 Å². The van der Waals surface area contributed by atoms with Gasteiger partial charge < -0.3 is 4.74 Å². The van der Waals surface area contributed by atoms with E-state index >= 15 is 0 Å². The molecule has 0 bridgehead atoms. The van der Waals surface area contributed by atoms with Crippen LogP contribution in [0.25, 0.3) is 0 Å². The Kier molecular flexibility index (Phi) is 5.37. The van der Waals surface area contributed by atoms with Gasteiger partial charge in [0.05, 0.1) is 6.61 Å². The number of esters is 1. The molecule has 0 aromatic rings. The van der Waals surface area contributed by atoms with Gasteiger partial charge in [0.1, 0.15) is 6.54 Å². The number of nitrogens with one attached hydrogen (secondary N) is 1. The number of hydrogen-bond donors (Lipinski definition) is 1. The first kappa shape index (κ1) is 15.3. The van der Waals surface area contributed by atoms with Crippen molar-refractivity contribution in [2.75, 3.05) is 20.2 Å². The van der Waals surface area contributed by atoms with Crippen molar-refractivity contribution in [1.29, 1.82) is 0 Å². The van der Waals surface area contributed by atoms with Crippen LogP contribution < -0.4 is 4.72 Å². The van der Waals surface area contributed by atoms with Crippen molar-refractivity contribution in [3.05, 3.63) is 0 Å². The summed E-state index contributed by atoms with van der Waals surface area (Å²) in [5.74, 6) is -0.565. The maximum atomic E-state index is 11.7. The van der Waals surface area contributed by atoms with E-state index in [4.69, 9.17) is 0 Å². The van der Waals surface area contributed by atoms with E-state index < -0.39 is 21.7 Å². The average Bonchev–Trinajstić information content (AvgIpc) is 1.99. The fourth-order valence-corrected chi connectivity index (χ4v) is 2.14. The highest BCUT2D eigenvalue weighted by atomic mass is 32.2. The quantitative estimate of drug-likeness (QED) is 0.705. The third-order valence-electron chi connectivity index (χ3n) is 1.50. The highest BCUT2D eigenvalue weighted by molar-refractivity contribution is 7.87. The van der Waals surface area contributed by atoms with Crippen LogP contribution in [0.3, 0.4) is 0 Å². The van der Waals surface area contributed by atoms with E-state index in [1.165, 1.54) is 7.05 Å². The molecule has 0 aromatic heterocycles. The molecular formula is C9H20N2O4S. The summed E-state index contributed by atoms with van der Waals surface area (Å²) in [6, 6.07) is 0. The van der Waals surface area contributed by atoms with Crippen LogP contribution in [0, 0.1) is 0 Å². The molecule has 0 heterocycles. The number of hydrogen-bond acceptors (Lipinski definition) is 4. The van der Waals surface area contributed by atoms with E-state index in [0.29, 0.717) is 0 Å². The fraction of sp³-hybridized carbons (Fsp3) is 0.889. The smallest absolute Gasteiger partial charge is 0.321 e. The zero-order valence-corrected chi connectivity index (χ0v) is 11.2. The van der Waals surface area contributed by atoms with Crippen molar-refractivity contribution < 1.29 is 17.9 Å². The van der Waals surface area contributed by atoms with Gasteiger partial charge in [0.2, 0.25) is 0 Å². The molecule has 0 aromatic carbocycles. The summed E-state index contributed by atoms with van der Waals surface area (Å²) in [5.41, 5.74) is -0.582. The van der Waals surface area contributed by atoms with Gasteiger partial charge in [0.15, 0.2) is 0 Å². The van der Waals surface area contributed by atoms with Crippen molar-refractivity contribution in [1.82, 2.24) is 9.03 Å². The molecule has 0 atom stereocenters. The zero-order valence-electron chi connectivity index (χ0n) is 10.4. The van der Waals surface area contributed by atoms with Crippen molar-refractivity contribution in [3.63, 3.8) is 0 Å². The van der Waals surface area contributed by atoms with Crippen molar-refractivity contribution in [2.24, 2.45) is 0 Å². The predicted octanol–water partition coefficient (Wildman–Crippen LogP) is 0.114. The van der Waals surface area contributed by atoms with Gasteiger partial charge in [-0.2, -0.15) is 17.4 Å². The Balaban J connectivity index is 4.48. The molecule has 0 aliphatic carbocycles. The maximum Gasteiger partial charge on any atom is 0.321 e. The number of carbonyl (C=O) groups is 1. The second-order valence-electron chi connectivity index (χ2n) is 4.42. The molecule has 6 nitrogen and oxygen atoms in total. The average molecular weight is 252 g/mol. The Morgan fingerprint density at radius 1 is 1.38 bits per heavy atom. The van der Waals surface area contributed by atoms with Crippen LogP contribution in [0.15, 0.2) is 0 Å². The lowest BCUT2D eigenvalue weighted by Crippen LogP contribution is -2.48. The molecule has 0 spiro atoms. The minimum absolute atomic E-state index is 0.236. The van der Waals surface area contributed by atoms with Crippen LogP contribution in [-0.4, -0.2) is 44.4 Å². The zero-order chi connectivity index (χ0) is 13.0. The molecule has 96 valence electrons. The molecule has 0 radical (unpaired) electrons. The number of likely N-dealkylation sites (N-methyl/N-ethyl adjacent to an activating group) is 1. The van der Waals surface area contributed by atoms with E-state index in [1.54, 1.807) is 27.7 Å². The molecule has 16 heavy (non-hydrogen) atoms. The highest BCUT2D eigenvalue weighted by Gasteiger charge is 2.25. The number of ether oxygens (including phenoxy) is 1. The molecular weight excluding hydrogens is 232 g/mol. The molecule has 0 saturated heterocycles. The number of nitrogens with zero attached hydrogens (tertiary/aromatic N) is 1. The lowest BCUT2D eigenvalue weighted by molar-refractivity contribution is -0.143. The molecule has 0 unspecified atom stereocenters. The summed E-state index contributed by atoms with van der Waals surface area (Å²) in [7, 11) is -2.32. The van der Waals surface area contributed by atoms with E-state index in [9.17, 15) is 13.2 Å². The van der Waals surface area contributed by atoms with Gasteiger partial charge in [0.25, 0.3) is 10.2 Å².